The Balaban J connectivity index is 1.31. The molecule has 5 rings (SSSR count). The van der Waals surface area contributed by atoms with Gasteiger partial charge in [0.2, 0.25) is 0 Å². The molecule has 2 aromatic carbocycles. The normalized spacial score (nSPS) is 13.7. The summed E-state index contributed by atoms with van der Waals surface area (Å²) in [7, 11) is 1.80. The molecule has 6 heteroatoms. The molecule has 29 heavy (non-hydrogen) atoms. The summed E-state index contributed by atoms with van der Waals surface area (Å²) >= 11 is 0. The van der Waals surface area contributed by atoms with Gasteiger partial charge in [-0.1, -0.05) is 30.3 Å². The summed E-state index contributed by atoms with van der Waals surface area (Å²) in [5, 5.41) is 7.41. The Bertz CT molecular complexity index is 1160. The number of hydrogen-bond donors (Lipinski definition) is 1. The minimum absolute atomic E-state index is 0.0536. The first-order chi connectivity index (χ1) is 14.2. The molecule has 0 bridgehead atoms. The highest BCUT2D eigenvalue weighted by Gasteiger charge is 2.26. The van der Waals surface area contributed by atoms with Crippen molar-refractivity contribution in [3.63, 3.8) is 0 Å². The number of carbonyl (C=O) groups is 1. The maximum atomic E-state index is 12.9. The van der Waals surface area contributed by atoms with E-state index in [2.05, 4.69) is 21.2 Å². The smallest absolute Gasteiger partial charge is 0.254 e. The average molecular weight is 386 g/mol. The largest absolute Gasteiger partial charge is 0.440 e. The van der Waals surface area contributed by atoms with Crippen LogP contribution in [0.5, 0.6) is 0 Å². The van der Waals surface area contributed by atoms with Crippen molar-refractivity contribution >= 4 is 17.0 Å². The fourth-order valence-corrected chi connectivity index (χ4v) is 3.55. The molecule has 2 heterocycles. The van der Waals surface area contributed by atoms with Gasteiger partial charge in [0, 0.05) is 24.9 Å². The summed E-state index contributed by atoms with van der Waals surface area (Å²) in [4.78, 5) is 19.1. The number of nitrogens with one attached hydrogen (secondary N) is 1. The summed E-state index contributed by atoms with van der Waals surface area (Å²) < 4.78 is 5.84. The van der Waals surface area contributed by atoms with Gasteiger partial charge < -0.3 is 9.32 Å². The summed E-state index contributed by atoms with van der Waals surface area (Å²) in [6.45, 7) is 0.495. The van der Waals surface area contributed by atoms with Gasteiger partial charge in [-0.15, -0.1) is 0 Å². The van der Waals surface area contributed by atoms with E-state index in [1.807, 2.05) is 36.4 Å². The van der Waals surface area contributed by atoms with Crippen molar-refractivity contribution in [2.45, 2.75) is 31.7 Å². The molecule has 0 atom stereocenters. The molecule has 0 radical (unpaired) electrons. The van der Waals surface area contributed by atoms with Gasteiger partial charge in [0.25, 0.3) is 5.91 Å². The summed E-state index contributed by atoms with van der Waals surface area (Å²) in [5.74, 6) is 1.19. The fraction of sp³-hybridized carbons (Fsp3) is 0.261. The number of benzene rings is 2. The van der Waals surface area contributed by atoms with Crippen molar-refractivity contribution in [1.29, 1.82) is 0 Å². The van der Waals surface area contributed by atoms with Crippen LogP contribution < -0.4 is 0 Å². The van der Waals surface area contributed by atoms with Gasteiger partial charge in [0.1, 0.15) is 5.52 Å². The van der Waals surface area contributed by atoms with Crippen LogP contribution >= 0.6 is 0 Å². The van der Waals surface area contributed by atoms with Gasteiger partial charge in [-0.25, -0.2) is 4.98 Å². The van der Waals surface area contributed by atoms with Crippen LogP contribution in [0.25, 0.3) is 11.1 Å². The van der Waals surface area contributed by atoms with Gasteiger partial charge in [-0.2, -0.15) is 5.10 Å². The van der Waals surface area contributed by atoms with Crippen LogP contribution in [-0.4, -0.2) is 33.0 Å². The van der Waals surface area contributed by atoms with E-state index in [1.54, 1.807) is 24.1 Å². The van der Waals surface area contributed by atoms with Crippen molar-refractivity contribution in [2.24, 2.45) is 0 Å². The minimum Gasteiger partial charge on any atom is -0.440 e. The first-order valence-electron chi connectivity index (χ1n) is 9.89. The molecule has 6 nitrogen and oxygen atoms in total. The Labute approximate surface area is 168 Å². The minimum atomic E-state index is -0.0536. The molecular weight excluding hydrogens is 364 g/mol. The Kier molecular flexibility index (Phi) is 4.39. The molecule has 1 fully saturated rings. The van der Waals surface area contributed by atoms with Crippen molar-refractivity contribution in [3.8, 4) is 0 Å². The van der Waals surface area contributed by atoms with Crippen LogP contribution in [0.3, 0.4) is 0 Å². The lowest BCUT2D eigenvalue weighted by Gasteiger charge is -2.16. The lowest BCUT2D eigenvalue weighted by atomic mass is 10.1. The van der Waals surface area contributed by atoms with E-state index in [0.29, 0.717) is 41.4 Å². The molecule has 0 aliphatic heterocycles. The number of fused-ring (bicyclic) bond motifs is 1. The average Bonchev–Trinajstić information content (AvgIpc) is 3.35. The number of hydrogen-bond acceptors (Lipinski definition) is 4. The van der Waals surface area contributed by atoms with E-state index in [9.17, 15) is 4.79 Å². The Hall–Kier alpha value is -3.41. The highest BCUT2D eigenvalue weighted by Crippen LogP contribution is 2.39. The number of H-pyrrole nitrogens is 1. The number of aromatic amines is 1. The molecular formula is C23H22N4O2. The second-order valence-corrected chi connectivity index (χ2v) is 7.71. The van der Waals surface area contributed by atoms with Crippen molar-refractivity contribution in [2.75, 3.05) is 7.05 Å². The molecule has 1 N–H and O–H groups in total. The highest BCUT2D eigenvalue weighted by atomic mass is 16.3. The highest BCUT2D eigenvalue weighted by molar-refractivity contribution is 5.96. The molecule has 1 aliphatic carbocycles. The maximum Gasteiger partial charge on any atom is 0.254 e. The Morgan fingerprint density at radius 2 is 2.00 bits per heavy atom. The molecule has 0 unspecified atom stereocenters. The van der Waals surface area contributed by atoms with Crippen molar-refractivity contribution in [3.05, 3.63) is 83.0 Å². The van der Waals surface area contributed by atoms with E-state index in [0.717, 1.165) is 17.0 Å². The molecule has 1 amide bonds. The van der Waals surface area contributed by atoms with Crippen molar-refractivity contribution in [1.82, 2.24) is 20.1 Å². The predicted molar refractivity (Wildman–Crippen MR) is 110 cm³/mol. The molecule has 1 aliphatic rings. The third-order valence-corrected chi connectivity index (χ3v) is 5.28. The third kappa shape index (κ3) is 3.78. The van der Waals surface area contributed by atoms with Crippen LogP contribution in [0.2, 0.25) is 0 Å². The number of oxazole rings is 1. The Morgan fingerprint density at radius 3 is 2.79 bits per heavy atom. The fourth-order valence-electron chi connectivity index (χ4n) is 3.55. The first kappa shape index (κ1) is 17.7. The van der Waals surface area contributed by atoms with Gasteiger partial charge in [-0.05, 0) is 42.7 Å². The second-order valence-electron chi connectivity index (χ2n) is 7.71. The SMILES string of the molecule is CN(Cc1cc(C2CC2)n[nH]1)C(=O)c1ccc2oc(Cc3ccccc3)nc2c1. The number of nitrogens with zero attached hydrogens (tertiary/aromatic N) is 3. The first-order valence-corrected chi connectivity index (χ1v) is 9.89. The summed E-state index contributed by atoms with van der Waals surface area (Å²) in [6, 6.07) is 17.6. The standard InChI is InChI=1S/C23H22N4O2/c1-27(14-18-13-19(26-25-18)16-7-8-16)23(28)17-9-10-21-20(12-17)24-22(29-21)11-15-5-3-2-4-6-15/h2-6,9-10,12-13,16H,7-8,11,14H2,1H3,(H,25,26). The molecule has 2 aromatic heterocycles. The van der Waals surface area contributed by atoms with Gasteiger partial charge >= 0.3 is 0 Å². The van der Waals surface area contributed by atoms with E-state index in [-0.39, 0.29) is 5.91 Å². The lowest BCUT2D eigenvalue weighted by molar-refractivity contribution is 0.0783. The molecule has 1 saturated carbocycles. The van der Waals surface area contributed by atoms with Crippen LogP contribution in [0.4, 0.5) is 0 Å². The van der Waals surface area contributed by atoms with Crippen LogP contribution in [-0.2, 0) is 13.0 Å². The zero-order valence-electron chi connectivity index (χ0n) is 16.3. The molecule has 4 aromatic rings. The maximum absolute atomic E-state index is 12.9. The van der Waals surface area contributed by atoms with E-state index < -0.39 is 0 Å². The summed E-state index contributed by atoms with van der Waals surface area (Å²) in [6.07, 6.45) is 3.05. The number of carbonyl (C=O) groups excluding carboxylic acids is 1. The molecule has 0 saturated heterocycles. The number of amides is 1. The van der Waals surface area contributed by atoms with E-state index in [1.165, 1.54) is 12.8 Å². The monoisotopic (exact) mass is 386 g/mol. The van der Waals surface area contributed by atoms with E-state index >= 15 is 0 Å². The van der Waals surface area contributed by atoms with Crippen LogP contribution in [0.15, 0.2) is 59.0 Å². The number of aromatic nitrogens is 3. The molecule has 0 spiro atoms. The molecule has 146 valence electrons. The van der Waals surface area contributed by atoms with Gasteiger partial charge in [0.15, 0.2) is 11.5 Å². The Morgan fingerprint density at radius 1 is 1.17 bits per heavy atom. The predicted octanol–water partition coefficient (Wildman–Crippen LogP) is 4.29. The number of rotatable bonds is 6. The van der Waals surface area contributed by atoms with E-state index in [4.69, 9.17) is 4.42 Å². The quantitative estimate of drug-likeness (QED) is 0.536. The summed E-state index contributed by atoms with van der Waals surface area (Å²) in [5.41, 5.74) is 5.19. The third-order valence-electron chi connectivity index (χ3n) is 5.28. The van der Waals surface area contributed by atoms with Gasteiger partial charge in [0.05, 0.1) is 17.9 Å². The zero-order valence-corrected chi connectivity index (χ0v) is 16.3. The van der Waals surface area contributed by atoms with Crippen LogP contribution in [0, 0.1) is 0 Å². The zero-order chi connectivity index (χ0) is 19.8. The lowest BCUT2D eigenvalue weighted by Crippen LogP contribution is -2.26. The topological polar surface area (TPSA) is 75.0 Å². The second kappa shape index (κ2) is 7.20. The van der Waals surface area contributed by atoms with Gasteiger partial charge in [-0.3, -0.25) is 9.89 Å². The van der Waals surface area contributed by atoms with Crippen LogP contribution in [0.1, 0.15) is 52.0 Å². The van der Waals surface area contributed by atoms with Crippen molar-refractivity contribution < 1.29 is 9.21 Å².